The predicted molar refractivity (Wildman–Crippen MR) is 84.4 cm³/mol. The van der Waals surface area contributed by atoms with Gasteiger partial charge < -0.3 is 15.5 Å². The number of carbonyl (C=O) groups is 1. The Morgan fingerprint density at radius 2 is 2.43 bits per heavy atom. The molecule has 5 heteroatoms. The second-order valence-electron chi connectivity index (χ2n) is 5.52. The molecule has 0 aliphatic heterocycles. The smallest absolute Gasteiger partial charge is 0.254 e. The second kappa shape index (κ2) is 5.93. The Labute approximate surface area is 128 Å². The van der Waals surface area contributed by atoms with Crippen LogP contribution in [0.25, 0.3) is 0 Å². The number of anilines is 1. The molecular weight excluding hydrogens is 284 g/mol. The van der Waals surface area contributed by atoms with Crippen LogP contribution in [0.4, 0.5) is 5.00 Å². The van der Waals surface area contributed by atoms with Crippen LogP contribution >= 0.6 is 11.3 Å². The van der Waals surface area contributed by atoms with E-state index in [1.54, 1.807) is 17.6 Å². The topological polar surface area (TPSA) is 68.3 Å². The van der Waals surface area contributed by atoms with Crippen molar-refractivity contribution in [1.29, 1.82) is 0 Å². The van der Waals surface area contributed by atoms with Gasteiger partial charge in [0.2, 0.25) is 0 Å². The second-order valence-corrected chi connectivity index (χ2v) is 6.66. The summed E-state index contributed by atoms with van der Waals surface area (Å²) in [5, 5.41) is 3.54. The van der Waals surface area contributed by atoms with Crippen molar-refractivity contribution in [3.63, 3.8) is 0 Å². The third-order valence-corrected chi connectivity index (χ3v) is 5.29. The molecule has 0 radical (unpaired) electrons. The highest BCUT2D eigenvalue weighted by atomic mass is 32.1. The number of nitrogen functional groups attached to an aromatic ring is 1. The molecule has 2 heterocycles. The van der Waals surface area contributed by atoms with Crippen molar-refractivity contribution in [2.75, 3.05) is 5.73 Å². The first-order valence-electron chi connectivity index (χ1n) is 7.39. The molecule has 0 saturated heterocycles. The van der Waals surface area contributed by atoms with Crippen LogP contribution in [0.15, 0.2) is 22.8 Å². The molecule has 4 nitrogen and oxygen atoms in total. The zero-order valence-corrected chi connectivity index (χ0v) is 13.0. The van der Waals surface area contributed by atoms with Crippen LogP contribution in [0.1, 0.15) is 46.3 Å². The molecule has 1 aliphatic carbocycles. The lowest BCUT2D eigenvalue weighted by atomic mass is 9.85. The van der Waals surface area contributed by atoms with Gasteiger partial charge in [0.15, 0.2) is 0 Å². The van der Waals surface area contributed by atoms with E-state index in [0.29, 0.717) is 17.1 Å². The van der Waals surface area contributed by atoms with Crippen LogP contribution in [0, 0.1) is 5.92 Å². The summed E-state index contributed by atoms with van der Waals surface area (Å²) < 4.78 is 5.23. The van der Waals surface area contributed by atoms with Crippen LogP contribution in [-0.2, 0) is 19.4 Å². The minimum atomic E-state index is -0.0867. The van der Waals surface area contributed by atoms with Gasteiger partial charge in [0, 0.05) is 4.88 Å². The van der Waals surface area contributed by atoms with Gasteiger partial charge in [-0.1, -0.05) is 13.3 Å². The number of fused-ring (bicyclic) bond motifs is 1. The van der Waals surface area contributed by atoms with Crippen LogP contribution in [0.5, 0.6) is 0 Å². The summed E-state index contributed by atoms with van der Waals surface area (Å²) in [6.45, 7) is 2.62. The first kappa shape index (κ1) is 14.2. The van der Waals surface area contributed by atoms with Crippen molar-refractivity contribution in [3.05, 3.63) is 40.2 Å². The number of nitrogens with two attached hydrogens (primary N) is 1. The molecule has 3 N–H and O–H groups in total. The van der Waals surface area contributed by atoms with E-state index in [2.05, 4.69) is 12.2 Å². The molecule has 2 aromatic heterocycles. The third-order valence-electron chi connectivity index (χ3n) is 4.20. The number of thiophene rings is 1. The standard InChI is InChI=1S/C16H20N2O2S/c1-2-10-5-6-12-13(8-10)21-15(17)14(12)16(19)18-9-11-4-3-7-20-11/h3-4,7,10H,2,5-6,8-9,17H2,1H3,(H,18,19)/t10-/m1/s1. The average Bonchev–Trinajstić information content (AvgIpc) is 3.10. The first-order chi connectivity index (χ1) is 10.2. The van der Waals surface area contributed by atoms with Gasteiger partial charge in [-0.05, 0) is 42.9 Å². The summed E-state index contributed by atoms with van der Waals surface area (Å²) >= 11 is 1.58. The SMILES string of the molecule is CC[C@@H]1CCc2c(sc(N)c2C(=O)NCc2ccco2)C1. The average molecular weight is 304 g/mol. The zero-order valence-electron chi connectivity index (χ0n) is 12.1. The first-order valence-corrected chi connectivity index (χ1v) is 8.21. The normalized spacial score (nSPS) is 17.5. The van der Waals surface area contributed by atoms with Gasteiger partial charge in [-0.2, -0.15) is 0 Å². The van der Waals surface area contributed by atoms with E-state index >= 15 is 0 Å². The lowest BCUT2D eigenvalue weighted by molar-refractivity contribution is 0.0948. The summed E-state index contributed by atoms with van der Waals surface area (Å²) in [6, 6.07) is 3.66. The summed E-state index contributed by atoms with van der Waals surface area (Å²) in [4.78, 5) is 13.7. The molecule has 0 aromatic carbocycles. The van der Waals surface area contributed by atoms with Gasteiger partial charge in [0.25, 0.3) is 5.91 Å². The molecule has 1 atom stereocenters. The fraction of sp³-hybridized carbons (Fsp3) is 0.438. The zero-order chi connectivity index (χ0) is 14.8. The lowest BCUT2D eigenvalue weighted by Crippen LogP contribution is -2.25. The van der Waals surface area contributed by atoms with Crippen molar-refractivity contribution in [3.8, 4) is 0 Å². The number of nitrogens with one attached hydrogen (secondary N) is 1. The molecule has 112 valence electrons. The molecular formula is C16H20N2O2S. The molecule has 0 bridgehead atoms. The van der Waals surface area contributed by atoms with Crippen molar-refractivity contribution in [1.82, 2.24) is 5.32 Å². The Morgan fingerprint density at radius 1 is 1.57 bits per heavy atom. The van der Waals surface area contributed by atoms with E-state index in [-0.39, 0.29) is 5.91 Å². The number of furan rings is 1. The summed E-state index contributed by atoms with van der Waals surface area (Å²) in [7, 11) is 0. The van der Waals surface area contributed by atoms with Crippen molar-refractivity contribution in [2.45, 2.75) is 39.2 Å². The summed E-state index contributed by atoms with van der Waals surface area (Å²) in [5.74, 6) is 1.39. The number of hydrogen-bond donors (Lipinski definition) is 2. The lowest BCUT2D eigenvalue weighted by Gasteiger charge is -2.21. The maximum atomic E-state index is 12.4. The quantitative estimate of drug-likeness (QED) is 0.910. The maximum Gasteiger partial charge on any atom is 0.254 e. The molecule has 1 amide bonds. The van der Waals surface area contributed by atoms with Gasteiger partial charge in [-0.25, -0.2) is 0 Å². The van der Waals surface area contributed by atoms with E-state index in [1.165, 1.54) is 16.9 Å². The van der Waals surface area contributed by atoms with Gasteiger partial charge in [0.05, 0.1) is 23.4 Å². The Balaban J connectivity index is 1.76. The largest absolute Gasteiger partial charge is 0.467 e. The van der Waals surface area contributed by atoms with Crippen LogP contribution < -0.4 is 11.1 Å². The number of hydrogen-bond acceptors (Lipinski definition) is 4. The molecule has 2 aromatic rings. The van der Waals surface area contributed by atoms with E-state index in [0.717, 1.165) is 30.9 Å². The van der Waals surface area contributed by atoms with Crippen molar-refractivity contribution >= 4 is 22.2 Å². The predicted octanol–water partition coefficient (Wildman–Crippen LogP) is 3.37. The third kappa shape index (κ3) is 2.83. The highest BCUT2D eigenvalue weighted by molar-refractivity contribution is 7.16. The van der Waals surface area contributed by atoms with Gasteiger partial charge in [-0.15, -0.1) is 11.3 Å². The Hall–Kier alpha value is -1.75. The summed E-state index contributed by atoms with van der Waals surface area (Å²) in [6.07, 6.45) is 5.97. The Morgan fingerprint density at radius 3 is 3.14 bits per heavy atom. The molecule has 0 spiro atoms. The number of carbonyl (C=O) groups excluding carboxylic acids is 1. The Kier molecular flexibility index (Phi) is 4.01. The van der Waals surface area contributed by atoms with Crippen molar-refractivity contribution in [2.24, 2.45) is 5.92 Å². The van der Waals surface area contributed by atoms with E-state index in [9.17, 15) is 4.79 Å². The molecule has 0 fully saturated rings. The van der Waals surface area contributed by atoms with E-state index in [4.69, 9.17) is 10.2 Å². The monoisotopic (exact) mass is 304 g/mol. The molecule has 21 heavy (non-hydrogen) atoms. The van der Waals surface area contributed by atoms with E-state index in [1.807, 2.05) is 12.1 Å². The molecule has 0 saturated carbocycles. The molecule has 0 unspecified atom stereocenters. The van der Waals surface area contributed by atoms with Crippen LogP contribution in [0.2, 0.25) is 0 Å². The molecule has 3 rings (SSSR count). The minimum Gasteiger partial charge on any atom is -0.467 e. The highest BCUT2D eigenvalue weighted by Crippen LogP contribution is 2.38. The van der Waals surface area contributed by atoms with Gasteiger partial charge in [0.1, 0.15) is 5.76 Å². The molecule has 1 aliphatic rings. The van der Waals surface area contributed by atoms with Gasteiger partial charge in [-0.3, -0.25) is 4.79 Å². The van der Waals surface area contributed by atoms with Crippen LogP contribution in [0.3, 0.4) is 0 Å². The van der Waals surface area contributed by atoms with Gasteiger partial charge >= 0.3 is 0 Å². The van der Waals surface area contributed by atoms with Crippen molar-refractivity contribution < 1.29 is 9.21 Å². The number of rotatable bonds is 4. The fourth-order valence-corrected chi connectivity index (χ4v) is 4.17. The minimum absolute atomic E-state index is 0.0867. The Bertz CT molecular complexity index is 631. The maximum absolute atomic E-state index is 12.4. The number of amides is 1. The fourth-order valence-electron chi connectivity index (χ4n) is 2.94. The van der Waals surface area contributed by atoms with E-state index < -0.39 is 0 Å². The van der Waals surface area contributed by atoms with Crippen LogP contribution in [-0.4, -0.2) is 5.91 Å². The highest BCUT2D eigenvalue weighted by Gasteiger charge is 2.27. The summed E-state index contributed by atoms with van der Waals surface area (Å²) in [5.41, 5.74) is 7.95.